The molecule has 0 saturated carbocycles. The zero-order valence-corrected chi connectivity index (χ0v) is 26.3. The Bertz CT molecular complexity index is 1810. The Kier molecular flexibility index (Phi) is 8.90. The molecule has 2 saturated heterocycles. The summed E-state index contributed by atoms with van der Waals surface area (Å²) in [6.45, 7) is 5.26. The number of nitrogen functional groups attached to an aromatic ring is 1. The van der Waals surface area contributed by atoms with Gasteiger partial charge < -0.3 is 30.5 Å². The van der Waals surface area contributed by atoms with Crippen molar-refractivity contribution in [2.75, 3.05) is 36.9 Å². The first-order valence-electron chi connectivity index (χ1n) is 15.5. The van der Waals surface area contributed by atoms with Crippen LogP contribution in [0.1, 0.15) is 43.5 Å². The van der Waals surface area contributed by atoms with Gasteiger partial charge in [0.05, 0.1) is 18.0 Å². The number of nitrogens with two attached hydrogens (primary N) is 1. The second-order valence-electron chi connectivity index (χ2n) is 12.2. The molecule has 2 atom stereocenters. The Labute approximate surface area is 273 Å². The molecule has 1 unspecified atom stereocenters. The van der Waals surface area contributed by atoms with Gasteiger partial charge in [0.1, 0.15) is 11.9 Å². The van der Waals surface area contributed by atoms with Crippen molar-refractivity contribution in [1.82, 2.24) is 25.1 Å². The fraction of sp³-hybridized carbons (Fsp3) is 0.394. The lowest BCUT2D eigenvalue weighted by molar-refractivity contribution is -0.198. The normalized spacial score (nSPS) is 18.2. The van der Waals surface area contributed by atoms with Crippen molar-refractivity contribution in [2.24, 2.45) is 5.41 Å². The number of benzene rings is 2. The summed E-state index contributed by atoms with van der Waals surface area (Å²) < 4.78 is 71.2. The van der Waals surface area contributed by atoms with Crippen LogP contribution in [0, 0.1) is 18.2 Å². The summed E-state index contributed by atoms with van der Waals surface area (Å²) >= 11 is 0. The van der Waals surface area contributed by atoms with Crippen LogP contribution >= 0.6 is 0 Å². The number of nitrogens with one attached hydrogen (secondary N) is 1. The number of hydrogen-bond donors (Lipinski definition) is 3. The third-order valence-electron chi connectivity index (χ3n) is 8.90. The van der Waals surface area contributed by atoms with E-state index >= 15 is 0 Å². The summed E-state index contributed by atoms with van der Waals surface area (Å²) in [5, 5.41) is 16.8. The van der Waals surface area contributed by atoms with Crippen molar-refractivity contribution in [3.8, 4) is 28.4 Å². The molecule has 11 nitrogen and oxygen atoms in total. The molecule has 2 aromatic carbocycles. The SMILES string of the molecule is CCOc1cc(-c2ccc([C@@H](Oc3cc(N4CCC5(CC4)CNC(C(=O)O)C5)nc(N)n3)C(F)(F)F)c(-n3ccc(C)n3)c2)ccc1F. The first kappa shape index (κ1) is 33.0. The fourth-order valence-electron chi connectivity index (χ4n) is 6.40. The molecule has 2 aliphatic heterocycles. The Balaban J connectivity index is 1.31. The van der Waals surface area contributed by atoms with Gasteiger partial charge in [-0.1, -0.05) is 18.2 Å². The number of nitrogens with zero attached hydrogens (tertiary/aromatic N) is 5. The number of carbonyl (C=O) groups is 1. The van der Waals surface area contributed by atoms with Crippen LogP contribution in [0.2, 0.25) is 0 Å². The molecule has 0 aliphatic carbocycles. The number of aliphatic carboxylic acids is 1. The molecular weight excluding hydrogens is 634 g/mol. The van der Waals surface area contributed by atoms with Gasteiger partial charge in [0.25, 0.3) is 0 Å². The van der Waals surface area contributed by atoms with Crippen LogP contribution in [-0.2, 0) is 4.79 Å². The number of hydrogen-bond acceptors (Lipinski definition) is 9. The third kappa shape index (κ3) is 6.86. The smallest absolute Gasteiger partial charge is 0.429 e. The first-order valence-corrected chi connectivity index (χ1v) is 15.5. The highest BCUT2D eigenvalue weighted by atomic mass is 19.4. The van der Waals surface area contributed by atoms with Crippen molar-refractivity contribution < 1.29 is 36.9 Å². The van der Waals surface area contributed by atoms with E-state index < -0.39 is 30.1 Å². The van der Waals surface area contributed by atoms with Crippen LogP contribution in [-0.4, -0.2) is 69.3 Å². The zero-order chi connectivity index (χ0) is 34.2. The summed E-state index contributed by atoms with van der Waals surface area (Å²) in [4.78, 5) is 21.6. The molecule has 1 spiro atoms. The van der Waals surface area contributed by atoms with Gasteiger partial charge in [-0.2, -0.15) is 28.2 Å². The van der Waals surface area contributed by atoms with Crippen LogP contribution in [0.15, 0.2) is 54.7 Å². The Morgan fingerprint density at radius 2 is 1.85 bits per heavy atom. The second-order valence-corrected chi connectivity index (χ2v) is 12.2. The molecule has 6 rings (SSSR count). The molecule has 4 heterocycles. The van der Waals surface area contributed by atoms with E-state index in [1.54, 1.807) is 26.1 Å². The van der Waals surface area contributed by atoms with E-state index in [-0.39, 0.29) is 40.9 Å². The van der Waals surface area contributed by atoms with Crippen LogP contribution < -0.4 is 25.4 Å². The highest BCUT2D eigenvalue weighted by molar-refractivity contribution is 5.74. The summed E-state index contributed by atoms with van der Waals surface area (Å²) in [5.74, 6) is -1.71. The summed E-state index contributed by atoms with van der Waals surface area (Å²) in [5.41, 5.74) is 7.28. The third-order valence-corrected chi connectivity index (χ3v) is 8.90. The number of carboxylic acid groups (broad SMARTS) is 1. The minimum Gasteiger partial charge on any atom is -0.491 e. The van der Waals surface area contributed by atoms with Crippen molar-refractivity contribution in [1.29, 1.82) is 0 Å². The lowest BCUT2D eigenvalue weighted by atomic mass is 9.76. The molecule has 48 heavy (non-hydrogen) atoms. The molecule has 2 aliphatic rings. The van der Waals surface area contributed by atoms with Gasteiger partial charge >= 0.3 is 12.1 Å². The number of halogens is 4. The number of rotatable bonds is 9. The fourth-order valence-corrected chi connectivity index (χ4v) is 6.40. The van der Waals surface area contributed by atoms with Gasteiger partial charge in [0.2, 0.25) is 17.9 Å². The van der Waals surface area contributed by atoms with Gasteiger partial charge in [0, 0.05) is 37.5 Å². The number of ether oxygens (including phenoxy) is 2. The largest absolute Gasteiger partial charge is 0.491 e. The van der Waals surface area contributed by atoms with Crippen molar-refractivity contribution in [3.63, 3.8) is 0 Å². The lowest BCUT2D eigenvalue weighted by Crippen LogP contribution is -2.41. The van der Waals surface area contributed by atoms with Crippen molar-refractivity contribution in [2.45, 2.75) is 51.4 Å². The number of alkyl halides is 3. The second kappa shape index (κ2) is 12.9. The molecule has 4 aromatic rings. The van der Waals surface area contributed by atoms with Crippen LogP contribution in [0.3, 0.4) is 0 Å². The zero-order valence-electron chi connectivity index (χ0n) is 26.3. The maximum absolute atomic E-state index is 14.9. The highest BCUT2D eigenvalue weighted by Gasteiger charge is 2.46. The maximum atomic E-state index is 14.9. The van der Waals surface area contributed by atoms with Crippen molar-refractivity contribution in [3.05, 3.63) is 71.8 Å². The quantitative estimate of drug-likeness (QED) is 0.197. The van der Waals surface area contributed by atoms with Crippen LogP contribution in [0.25, 0.3) is 16.8 Å². The molecule has 0 amide bonds. The number of aromatic nitrogens is 4. The number of aryl methyl sites for hydroxylation is 1. The van der Waals surface area contributed by atoms with E-state index in [1.165, 1.54) is 47.1 Å². The van der Waals surface area contributed by atoms with Gasteiger partial charge in [-0.05, 0) is 73.9 Å². The Hall–Kier alpha value is -4.92. The van der Waals surface area contributed by atoms with Gasteiger partial charge in [0.15, 0.2) is 11.6 Å². The van der Waals surface area contributed by atoms with E-state index in [2.05, 4.69) is 20.4 Å². The molecule has 15 heteroatoms. The predicted octanol–water partition coefficient (Wildman–Crippen LogP) is 5.47. The van der Waals surface area contributed by atoms with E-state index in [9.17, 15) is 27.5 Å². The van der Waals surface area contributed by atoms with E-state index in [1.807, 2.05) is 4.90 Å². The topological polar surface area (TPSA) is 141 Å². The molecule has 4 N–H and O–H groups in total. The van der Waals surface area contributed by atoms with Crippen molar-refractivity contribution >= 4 is 17.7 Å². The number of piperidine rings is 1. The van der Waals surface area contributed by atoms with Crippen LogP contribution in [0.5, 0.6) is 11.6 Å². The molecule has 2 fully saturated rings. The minimum absolute atomic E-state index is 0.0254. The van der Waals surface area contributed by atoms with Gasteiger partial charge in [-0.25, -0.2) is 9.07 Å². The van der Waals surface area contributed by atoms with Gasteiger partial charge in [-0.15, -0.1) is 0 Å². The number of anilines is 2. The Morgan fingerprint density at radius 1 is 1.12 bits per heavy atom. The average molecular weight is 670 g/mol. The number of carboxylic acids is 1. The van der Waals surface area contributed by atoms with E-state index in [4.69, 9.17) is 15.2 Å². The highest BCUT2D eigenvalue weighted by Crippen LogP contribution is 2.43. The molecule has 254 valence electrons. The monoisotopic (exact) mass is 669 g/mol. The summed E-state index contributed by atoms with van der Waals surface area (Å²) in [6.07, 6.45) is -3.95. The molecule has 0 radical (unpaired) electrons. The van der Waals surface area contributed by atoms with E-state index in [0.717, 1.165) is 0 Å². The predicted molar refractivity (Wildman–Crippen MR) is 169 cm³/mol. The van der Waals surface area contributed by atoms with Crippen LogP contribution in [0.4, 0.5) is 29.3 Å². The van der Waals surface area contributed by atoms with E-state index in [0.29, 0.717) is 61.5 Å². The maximum Gasteiger partial charge on any atom is 0.429 e. The Morgan fingerprint density at radius 3 is 2.50 bits per heavy atom. The van der Waals surface area contributed by atoms with Gasteiger partial charge in [-0.3, -0.25) is 4.79 Å². The molecule has 0 bridgehead atoms. The summed E-state index contributed by atoms with van der Waals surface area (Å²) in [6, 6.07) is 11.0. The lowest BCUT2D eigenvalue weighted by Gasteiger charge is -2.39. The first-order chi connectivity index (χ1) is 22.8. The minimum atomic E-state index is -4.88. The average Bonchev–Trinajstić information content (AvgIpc) is 3.67. The summed E-state index contributed by atoms with van der Waals surface area (Å²) in [7, 11) is 0. The molecule has 2 aromatic heterocycles. The standard InChI is InChI=1S/C33H35F4N7O4/c1-3-47-26-15-21(5-7-23(26)34)20-4-6-22(25(14-20)44-11-8-19(2)42-44)29(33(35,36)37)48-28-16-27(40-31(38)41-28)43-12-9-32(10-13-43)17-24(30(45)46)39-18-32/h4-8,11,14-16,24,29,39H,3,9-10,12-13,17-18H2,1-2H3,(H,45,46)(H2,38,40,41)/t24?,29-/m1/s1. The molecular formula is C33H35F4N7O4.